The zero-order valence-corrected chi connectivity index (χ0v) is 13.1. The average molecular weight is 286 g/mol. The molecule has 0 aromatic rings. The van der Waals surface area contributed by atoms with E-state index in [1.54, 1.807) is 4.90 Å². The van der Waals surface area contributed by atoms with Crippen LogP contribution in [0.4, 0.5) is 0 Å². The normalized spacial score (nSPS) is 17.7. The van der Waals surface area contributed by atoms with Crippen molar-refractivity contribution in [2.45, 2.75) is 25.3 Å². The monoisotopic (exact) mass is 286 g/mol. The van der Waals surface area contributed by atoms with E-state index in [-0.39, 0.29) is 5.91 Å². The molecular formula is C13H26N4OS. The zero-order valence-electron chi connectivity index (χ0n) is 12.3. The van der Waals surface area contributed by atoms with E-state index < -0.39 is 0 Å². The molecule has 1 fully saturated rings. The van der Waals surface area contributed by atoms with Crippen molar-refractivity contribution in [3.63, 3.8) is 0 Å². The summed E-state index contributed by atoms with van der Waals surface area (Å²) in [7, 11) is 5.99. The SMILES string of the molecule is CN1CCC(N(C)CC(=O)N(C)CCC(N)=S)CC1. The molecule has 1 saturated heterocycles. The molecule has 6 heteroatoms. The first-order valence-electron chi connectivity index (χ1n) is 6.81. The summed E-state index contributed by atoms with van der Waals surface area (Å²) >= 11 is 4.83. The number of piperidine rings is 1. The standard InChI is InChI=1S/C13H26N4OS/c1-15-7-4-11(5-8-15)17(3)10-13(18)16(2)9-6-12(14)19/h11H,4-10H2,1-3H3,(H2,14,19). The summed E-state index contributed by atoms with van der Waals surface area (Å²) < 4.78 is 0. The molecule has 110 valence electrons. The van der Waals surface area contributed by atoms with Crippen LogP contribution < -0.4 is 5.73 Å². The Labute approximate surface area is 121 Å². The molecule has 19 heavy (non-hydrogen) atoms. The molecular weight excluding hydrogens is 260 g/mol. The van der Waals surface area contributed by atoms with Gasteiger partial charge in [0.1, 0.15) is 0 Å². The van der Waals surface area contributed by atoms with Crippen LogP contribution in [-0.2, 0) is 4.79 Å². The lowest BCUT2D eigenvalue weighted by Gasteiger charge is -2.35. The molecule has 0 aliphatic carbocycles. The minimum Gasteiger partial charge on any atom is -0.393 e. The van der Waals surface area contributed by atoms with Crippen molar-refractivity contribution in [1.82, 2.24) is 14.7 Å². The smallest absolute Gasteiger partial charge is 0.236 e. The highest BCUT2D eigenvalue weighted by atomic mass is 32.1. The highest BCUT2D eigenvalue weighted by Crippen LogP contribution is 2.13. The minimum absolute atomic E-state index is 0.137. The maximum Gasteiger partial charge on any atom is 0.236 e. The van der Waals surface area contributed by atoms with Gasteiger partial charge in [0.05, 0.1) is 11.5 Å². The number of carbonyl (C=O) groups excluding carboxylic acids is 1. The van der Waals surface area contributed by atoms with Crippen LogP contribution in [0.25, 0.3) is 0 Å². The van der Waals surface area contributed by atoms with Crippen molar-refractivity contribution in [1.29, 1.82) is 0 Å². The average Bonchev–Trinajstić information content (AvgIpc) is 2.36. The fourth-order valence-corrected chi connectivity index (χ4v) is 2.39. The van der Waals surface area contributed by atoms with E-state index >= 15 is 0 Å². The van der Waals surface area contributed by atoms with Crippen molar-refractivity contribution in [2.24, 2.45) is 5.73 Å². The summed E-state index contributed by atoms with van der Waals surface area (Å²) in [6, 6.07) is 0.518. The van der Waals surface area contributed by atoms with Gasteiger partial charge in [-0.05, 0) is 40.0 Å². The summed E-state index contributed by atoms with van der Waals surface area (Å²) in [6.45, 7) is 3.30. The van der Waals surface area contributed by atoms with Crippen LogP contribution in [0.1, 0.15) is 19.3 Å². The van der Waals surface area contributed by atoms with Crippen LogP contribution in [-0.4, -0.2) is 79.0 Å². The minimum atomic E-state index is 0.137. The summed E-state index contributed by atoms with van der Waals surface area (Å²) in [6.07, 6.45) is 2.86. The van der Waals surface area contributed by atoms with E-state index in [1.807, 2.05) is 14.1 Å². The number of hydrogen-bond acceptors (Lipinski definition) is 4. The second-order valence-electron chi connectivity index (χ2n) is 5.48. The number of likely N-dealkylation sites (tertiary alicyclic amines) is 1. The first-order valence-corrected chi connectivity index (χ1v) is 7.22. The molecule has 1 aliphatic heterocycles. The molecule has 0 aromatic heterocycles. The Kier molecular flexibility index (Phi) is 6.68. The van der Waals surface area contributed by atoms with Gasteiger partial charge in [-0.25, -0.2) is 0 Å². The van der Waals surface area contributed by atoms with E-state index in [2.05, 4.69) is 16.8 Å². The Balaban J connectivity index is 2.32. The maximum absolute atomic E-state index is 12.1. The van der Waals surface area contributed by atoms with Crippen LogP contribution in [0.5, 0.6) is 0 Å². The predicted octanol–water partition coefficient (Wildman–Crippen LogP) is 0.147. The van der Waals surface area contributed by atoms with E-state index in [0.717, 1.165) is 25.9 Å². The van der Waals surface area contributed by atoms with Gasteiger partial charge in [0.2, 0.25) is 5.91 Å². The highest BCUT2D eigenvalue weighted by molar-refractivity contribution is 7.80. The summed E-state index contributed by atoms with van der Waals surface area (Å²) in [4.78, 5) is 18.7. The quantitative estimate of drug-likeness (QED) is 0.704. The number of hydrogen-bond donors (Lipinski definition) is 1. The topological polar surface area (TPSA) is 52.8 Å². The van der Waals surface area contributed by atoms with E-state index in [1.165, 1.54) is 0 Å². The van der Waals surface area contributed by atoms with Crippen LogP contribution in [0.3, 0.4) is 0 Å². The lowest BCUT2D eigenvalue weighted by molar-refractivity contribution is -0.131. The molecule has 5 nitrogen and oxygen atoms in total. The Morgan fingerprint density at radius 1 is 1.37 bits per heavy atom. The summed E-state index contributed by atoms with van der Waals surface area (Å²) in [5.74, 6) is 0.137. The molecule has 0 radical (unpaired) electrons. The van der Waals surface area contributed by atoms with Gasteiger partial charge in [-0.15, -0.1) is 0 Å². The second-order valence-corrected chi connectivity index (χ2v) is 6.01. The van der Waals surface area contributed by atoms with Crippen molar-refractivity contribution < 1.29 is 4.79 Å². The molecule has 0 unspecified atom stereocenters. The molecule has 0 atom stereocenters. The van der Waals surface area contributed by atoms with Crippen LogP contribution in [0, 0.1) is 0 Å². The third-order valence-electron chi connectivity index (χ3n) is 3.82. The van der Waals surface area contributed by atoms with E-state index in [0.29, 0.717) is 30.5 Å². The molecule has 2 N–H and O–H groups in total. The number of nitrogens with two attached hydrogens (primary N) is 1. The number of amides is 1. The van der Waals surface area contributed by atoms with Crippen molar-refractivity contribution in [2.75, 3.05) is 47.3 Å². The Morgan fingerprint density at radius 2 is 1.95 bits per heavy atom. The maximum atomic E-state index is 12.1. The number of thiocarbonyl (C=S) groups is 1. The second kappa shape index (κ2) is 7.77. The Hall–Kier alpha value is -0.720. The predicted molar refractivity (Wildman–Crippen MR) is 82.2 cm³/mol. The lowest BCUT2D eigenvalue weighted by Crippen LogP contribution is -2.46. The van der Waals surface area contributed by atoms with Gasteiger partial charge in [-0.3, -0.25) is 9.69 Å². The van der Waals surface area contributed by atoms with Gasteiger partial charge in [0, 0.05) is 26.1 Å². The van der Waals surface area contributed by atoms with Crippen LogP contribution >= 0.6 is 12.2 Å². The molecule has 0 spiro atoms. The molecule has 1 aliphatic rings. The van der Waals surface area contributed by atoms with Crippen LogP contribution in [0.15, 0.2) is 0 Å². The Bertz CT molecular complexity index is 316. The molecule has 1 rings (SSSR count). The fraction of sp³-hybridized carbons (Fsp3) is 0.846. The molecule has 1 amide bonds. The first-order chi connectivity index (χ1) is 8.90. The third kappa shape index (κ3) is 5.84. The third-order valence-corrected chi connectivity index (χ3v) is 4.02. The largest absolute Gasteiger partial charge is 0.393 e. The number of likely N-dealkylation sites (N-methyl/N-ethyl adjacent to an activating group) is 2. The summed E-state index contributed by atoms with van der Waals surface area (Å²) in [5.41, 5.74) is 5.45. The first kappa shape index (κ1) is 16.3. The van der Waals surface area contributed by atoms with Crippen molar-refractivity contribution >= 4 is 23.1 Å². The van der Waals surface area contributed by atoms with Gasteiger partial charge in [-0.1, -0.05) is 12.2 Å². The highest BCUT2D eigenvalue weighted by Gasteiger charge is 2.22. The number of carbonyl (C=O) groups is 1. The van der Waals surface area contributed by atoms with Gasteiger partial charge in [0.15, 0.2) is 0 Å². The zero-order chi connectivity index (χ0) is 14.4. The fourth-order valence-electron chi connectivity index (χ4n) is 2.30. The van der Waals surface area contributed by atoms with E-state index in [4.69, 9.17) is 18.0 Å². The Morgan fingerprint density at radius 3 is 2.47 bits per heavy atom. The van der Waals surface area contributed by atoms with Gasteiger partial charge < -0.3 is 15.5 Å². The molecule has 0 aromatic carbocycles. The van der Waals surface area contributed by atoms with Crippen LogP contribution in [0.2, 0.25) is 0 Å². The lowest BCUT2D eigenvalue weighted by atomic mass is 10.0. The van der Waals surface area contributed by atoms with Crippen molar-refractivity contribution in [3.05, 3.63) is 0 Å². The van der Waals surface area contributed by atoms with Gasteiger partial charge in [-0.2, -0.15) is 0 Å². The molecule has 0 bridgehead atoms. The molecule has 0 saturated carbocycles. The molecule has 1 heterocycles. The van der Waals surface area contributed by atoms with E-state index in [9.17, 15) is 4.79 Å². The summed E-state index contributed by atoms with van der Waals surface area (Å²) in [5, 5.41) is 0. The van der Waals surface area contributed by atoms with Gasteiger partial charge >= 0.3 is 0 Å². The van der Waals surface area contributed by atoms with Crippen molar-refractivity contribution in [3.8, 4) is 0 Å². The van der Waals surface area contributed by atoms with Gasteiger partial charge in [0.25, 0.3) is 0 Å². The number of rotatable bonds is 6. The number of nitrogens with zero attached hydrogens (tertiary/aromatic N) is 3.